The van der Waals surface area contributed by atoms with Crippen molar-refractivity contribution < 1.29 is 28.7 Å². The van der Waals surface area contributed by atoms with Crippen molar-refractivity contribution in [3.8, 4) is 0 Å². The maximum atomic E-state index is 14.6. The fourth-order valence-electron chi connectivity index (χ4n) is 4.56. The fourth-order valence-corrected chi connectivity index (χ4v) is 4.56. The number of likely N-dealkylation sites (tertiary alicyclic amines) is 1. The first-order chi connectivity index (χ1) is 20.4. The smallest absolute Gasteiger partial charge is 0.326 e. The number of hydrogen-bond acceptors (Lipinski definition) is 7. The molecule has 9 nitrogen and oxygen atoms in total. The van der Waals surface area contributed by atoms with Gasteiger partial charge in [-0.15, -0.1) is 0 Å². The quantitative estimate of drug-likeness (QED) is 0.408. The van der Waals surface area contributed by atoms with Gasteiger partial charge in [0.2, 0.25) is 5.91 Å². The van der Waals surface area contributed by atoms with Crippen molar-refractivity contribution in [2.24, 2.45) is 11.7 Å². The summed E-state index contributed by atoms with van der Waals surface area (Å²) >= 11 is 0. The topological polar surface area (TPSA) is 134 Å². The van der Waals surface area contributed by atoms with Crippen molar-refractivity contribution in [3.05, 3.63) is 70.7 Å². The molecule has 1 aromatic carbocycles. The Morgan fingerprint density at radius 3 is 2.21 bits per heavy atom. The molecule has 1 fully saturated rings. The Morgan fingerprint density at radius 2 is 1.79 bits per heavy atom. The van der Waals surface area contributed by atoms with Crippen LogP contribution in [0.25, 0.3) is 11.8 Å². The highest BCUT2D eigenvalue weighted by atomic mass is 19.1. The predicted octanol–water partition coefficient (Wildman–Crippen LogP) is 5.46. The molecule has 0 radical (unpaired) electrons. The first kappa shape index (κ1) is 40.8. The number of carboxylic acids is 1. The van der Waals surface area contributed by atoms with E-state index in [4.69, 9.17) is 15.3 Å². The highest BCUT2D eigenvalue weighted by Crippen LogP contribution is 2.27. The zero-order valence-electron chi connectivity index (χ0n) is 26.9. The number of nitrogens with zero attached hydrogens (tertiary/aromatic N) is 3. The van der Waals surface area contributed by atoms with Crippen LogP contribution in [0.5, 0.6) is 0 Å². The SMILES string of the molecule is C=C(N)c1cc(F)c(CC(C(=O)O)N2CCC(CC)C2=O)cc1/C=C\C.C=O.C=O.CC.Cc1cnc(N(C)C)c(C)c1. The summed E-state index contributed by atoms with van der Waals surface area (Å²) < 4.78 is 14.6. The van der Waals surface area contributed by atoms with Crippen LogP contribution in [0.3, 0.4) is 0 Å². The van der Waals surface area contributed by atoms with Crippen molar-refractivity contribution in [1.29, 1.82) is 0 Å². The van der Waals surface area contributed by atoms with Gasteiger partial charge in [0, 0.05) is 50.4 Å². The molecule has 3 rings (SSSR count). The van der Waals surface area contributed by atoms with Crippen molar-refractivity contribution in [2.75, 3.05) is 25.5 Å². The number of rotatable bonds is 8. The number of aromatic nitrogens is 1. The molecule has 1 aliphatic rings. The van der Waals surface area contributed by atoms with Gasteiger partial charge in [-0.2, -0.15) is 0 Å². The Balaban J connectivity index is 0. The van der Waals surface area contributed by atoms with Gasteiger partial charge in [0.05, 0.1) is 0 Å². The van der Waals surface area contributed by atoms with E-state index in [9.17, 15) is 19.1 Å². The third kappa shape index (κ3) is 12.2. The largest absolute Gasteiger partial charge is 0.480 e. The van der Waals surface area contributed by atoms with E-state index in [2.05, 4.69) is 31.5 Å². The molecule has 2 atom stereocenters. The molecule has 1 amide bonds. The van der Waals surface area contributed by atoms with Crippen LogP contribution in [-0.2, 0) is 25.6 Å². The molecule has 0 saturated carbocycles. The van der Waals surface area contributed by atoms with Crippen LogP contribution >= 0.6 is 0 Å². The second-order valence-electron chi connectivity index (χ2n) is 9.59. The van der Waals surface area contributed by atoms with E-state index < -0.39 is 17.8 Å². The van der Waals surface area contributed by atoms with Gasteiger partial charge in [0.15, 0.2) is 0 Å². The number of anilines is 1. The minimum Gasteiger partial charge on any atom is -0.480 e. The normalized spacial score (nSPS) is 14.0. The number of halogens is 1. The lowest BCUT2D eigenvalue weighted by Gasteiger charge is -2.25. The molecular formula is C33H49FN4O5. The van der Waals surface area contributed by atoms with E-state index in [0.29, 0.717) is 30.5 Å². The van der Waals surface area contributed by atoms with Gasteiger partial charge in [-0.05, 0) is 68.0 Å². The summed E-state index contributed by atoms with van der Waals surface area (Å²) in [6.07, 6.45) is 6.66. The first-order valence-electron chi connectivity index (χ1n) is 14.0. The molecule has 2 aromatic rings. The molecular weight excluding hydrogens is 551 g/mol. The molecule has 43 heavy (non-hydrogen) atoms. The minimum absolute atomic E-state index is 0.0920. The number of amides is 1. The lowest BCUT2D eigenvalue weighted by atomic mass is 9.96. The lowest BCUT2D eigenvalue weighted by Crippen LogP contribution is -2.44. The maximum absolute atomic E-state index is 14.6. The minimum atomic E-state index is -1.13. The molecule has 2 unspecified atom stereocenters. The molecule has 1 aliphatic heterocycles. The first-order valence-corrected chi connectivity index (χ1v) is 14.0. The third-order valence-corrected chi connectivity index (χ3v) is 6.44. The summed E-state index contributed by atoms with van der Waals surface area (Å²) in [4.78, 5) is 47.9. The number of benzene rings is 1. The molecule has 0 aliphatic carbocycles. The highest BCUT2D eigenvalue weighted by Gasteiger charge is 2.38. The molecule has 2 heterocycles. The molecule has 10 heteroatoms. The van der Waals surface area contributed by atoms with Crippen LogP contribution < -0.4 is 10.6 Å². The van der Waals surface area contributed by atoms with E-state index in [0.717, 1.165) is 5.82 Å². The van der Waals surface area contributed by atoms with Crippen LogP contribution in [0, 0.1) is 25.6 Å². The molecule has 0 bridgehead atoms. The zero-order valence-corrected chi connectivity index (χ0v) is 26.9. The standard InChI is InChI=1S/C20H25FN2O3.C9H14N2.C2H6.2CH2O/c1-4-6-14-9-15(17(21)11-16(14)12(3)22)10-18(20(25)26)23-8-7-13(5-2)19(23)24;1-7-5-8(2)9(10-6-7)11(3)4;3*1-2/h4,6,9,11,13,18H,3,5,7-8,10,22H2,1-2H3,(H,25,26);5-6H,1-4H3;1-2H3;2*1H2/b6-4-;;;;. The van der Waals surface area contributed by atoms with Crippen LogP contribution in [0.15, 0.2) is 37.1 Å². The Bertz CT molecular complexity index is 1210. The van der Waals surface area contributed by atoms with Gasteiger partial charge in [-0.3, -0.25) is 4.79 Å². The number of carboxylic acid groups (broad SMARTS) is 1. The highest BCUT2D eigenvalue weighted by molar-refractivity contribution is 5.87. The molecule has 238 valence electrons. The van der Waals surface area contributed by atoms with Crippen molar-refractivity contribution in [1.82, 2.24) is 9.88 Å². The summed E-state index contributed by atoms with van der Waals surface area (Å²) in [6, 6.07) is 3.91. The van der Waals surface area contributed by atoms with Crippen LogP contribution in [-0.4, -0.2) is 67.1 Å². The van der Waals surface area contributed by atoms with Gasteiger partial charge in [0.25, 0.3) is 0 Å². The third-order valence-electron chi connectivity index (χ3n) is 6.44. The maximum Gasteiger partial charge on any atom is 0.326 e. The summed E-state index contributed by atoms with van der Waals surface area (Å²) in [5.41, 5.74) is 9.78. The predicted molar refractivity (Wildman–Crippen MR) is 173 cm³/mol. The molecule has 3 N–H and O–H groups in total. The van der Waals surface area contributed by atoms with Crippen molar-refractivity contribution in [2.45, 2.75) is 66.8 Å². The fraction of sp³-hybridized carbons (Fsp3) is 0.424. The van der Waals surface area contributed by atoms with Gasteiger partial charge in [0.1, 0.15) is 31.3 Å². The van der Waals surface area contributed by atoms with E-state index in [1.807, 2.05) is 66.5 Å². The second-order valence-corrected chi connectivity index (χ2v) is 9.59. The lowest BCUT2D eigenvalue weighted by molar-refractivity contribution is -0.149. The van der Waals surface area contributed by atoms with Crippen molar-refractivity contribution in [3.63, 3.8) is 0 Å². The number of carbonyl (C=O) groups excluding carboxylic acids is 3. The van der Waals surface area contributed by atoms with E-state index in [-0.39, 0.29) is 29.5 Å². The number of aryl methyl sites for hydroxylation is 2. The van der Waals surface area contributed by atoms with Gasteiger partial charge >= 0.3 is 5.97 Å². The van der Waals surface area contributed by atoms with E-state index in [1.54, 1.807) is 18.2 Å². The average Bonchev–Trinajstić information content (AvgIpc) is 3.35. The molecule has 1 saturated heterocycles. The molecule has 0 spiro atoms. The number of hydrogen-bond donors (Lipinski definition) is 2. The average molecular weight is 601 g/mol. The van der Waals surface area contributed by atoms with Crippen LogP contribution in [0.2, 0.25) is 0 Å². The summed E-state index contributed by atoms with van der Waals surface area (Å²) in [6.45, 7) is 19.9. The summed E-state index contributed by atoms with van der Waals surface area (Å²) in [7, 11) is 4.01. The van der Waals surface area contributed by atoms with E-state index >= 15 is 0 Å². The number of nitrogens with two attached hydrogens (primary N) is 1. The van der Waals surface area contributed by atoms with Crippen molar-refractivity contribution >= 4 is 43.0 Å². The number of allylic oxidation sites excluding steroid dienone is 1. The number of carbonyl (C=O) groups is 4. The van der Waals surface area contributed by atoms with Crippen LogP contribution in [0.4, 0.5) is 10.2 Å². The van der Waals surface area contributed by atoms with E-state index in [1.165, 1.54) is 22.1 Å². The zero-order chi connectivity index (χ0) is 33.9. The van der Waals surface area contributed by atoms with Gasteiger partial charge in [-0.25, -0.2) is 14.2 Å². The van der Waals surface area contributed by atoms with Gasteiger partial charge < -0.3 is 30.2 Å². The number of aliphatic carboxylic acids is 1. The second kappa shape index (κ2) is 21.4. The monoisotopic (exact) mass is 600 g/mol. The number of pyridine rings is 1. The summed E-state index contributed by atoms with van der Waals surface area (Å²) in [5, 5.41) is 9.61. The Labute approximate surface area is 256 Å². The Hall–Kier alpha value is -4.34. The van der Waals surface area contributed by atoms with Gasteiger partial charge in [-0.1, -0.05) is 45.6 Å². The Morgan fingerprint density at radius 1 is 1.21 bits per heavy atom. The summed E-state index contributed by atoms with van der Waals surface area (Å²) in [5.74, 6) is -0.945. The Kier molecular flexibility index (Phi) is 20.3. The van der Waals surface area contributed by atoms with Crippen LogP contribution in [0.1, 0.15) is 68.4 Å². The molecule has 1 aromatic heterocycles.